The van der Waals surface area contributed by atoms with Crippen LogP contribution in [0.4, 0.5) is 0 Å². The van der Waals surface area contributed by atoms with Crippen LogP contribution < -0.4 is 38.6 Å². The van der Waals surface area contributed by atoms with Gasteiger partial charge in [-0.3, -0.25) is 9.59 Å². The van der Waals surface area contributed by atoms with Crippen LogP contribution in [-0.4, -0.2) is 48.6 Å². The molecule has 1 heterocycles. The number of esters is 1. The molecule has 10 heteroatoms. The summed E-state index contributed by atoms with van der Waals surface area (Å²) >= 11 is 0. The third kappa shape index (κ3) is 3.95. The van der Waals surface area contributed by atoms with E-state index in [-0.39, 0.29) is 45.5 Å². The Kier molecular flexibility index (Phi) is 6.86. The average Bonchev–Trinajstić information content (AvgIpc) is 2.81. The summed E-state index contributed by atoms with van der Waals surface area (Å²) in [4.78, 5) is 25.3. The van der Waals surface area contributed by atoms with Gasteiger partial charge in [0.05, 0.1) is 48.2 Å². The van der Waals surface area contributed by atoms with Gasteiger partial charge in [0, 0.05) is 13.0 Å². The van der Waals surface area contributed by atoms with Gasteiger partial charge in [-0.15, -0.1) is 0 Å². The Morgan fingerprint density at radius 2 is 1.30 bits per heavy atom. The van der Waals surface area contributed by atoms with Crippen molar-refractivity contribution in [1.82, 2.24) is 0 Å². The van der Waals surface area contributed by atoms with Gasteiger partial charge < -0.3 is 37.6 Å². The van der Waals surface area contributed by atoms with E-state index in [2.05, 4.69) is 0 Å². The molecule has 10 nitrogen and oxygen atoms in total. The van der Waals surface area contributed by atoms with Crippen LogP contribution in [0.15, 0.2) is 27.4 Å². The Labute approximate surface area is 189 Å². The lowest BCUT2D eigenvalue weighted by Crippen LogP contribution is -2.12. The van der Waals surface area contributed by atoms with E-state index in [1.54, 1.807) is 12.1 Å². The zero-order chi connectivity index (χ0) is 24.3. The quantitative estimate of drug-likeness (QED) is 0.366. The topological polar surface area (TPSA) is 112 Å². The largest absolute Gasteiger partial charge is 0.493 e. The molecule has 0 aliphatic heterocycles. The fourth-order valence-electron chi connectivity index (χ4n) is 3.49. The molecule has 33 heavy (non-hydrogen) atoms. The predicted molar refractivity (Wildman–Crippen MR) is 119 cm³/mol. The third-order valence-electron chi connectivity index (χ3n) is 4.84. The highest BCUT2D eigenvalue weighted by Crippen LogP contribution is 2.48. The monoisotopic (exact) mass is 460 g/mol. The van der Waals surface area contributed by atoms with Crippen molar-refractivity contribution in [3.8, 4) is 51.6 Å². The molecular formula is C23H24O10. The SMILES string of the molecule is COc1ccc(-c2oc3cc(OC)c(OC)c(OC(C)=O)c3c(=O)c2OC)c(OC)c1OC. The summed E-state index contributed by atoms with van der Waals surface area (Å²) in [6.07, 6.45) is 0. The second kappa shape index (κ2) is 9.60. The highest BCUT2D eigenvalue weighted by molar-refractivity contribution is 5.94. The predicted octanol–water partition coefficient (Wildman–Crippen LogP) is 3.44. The molecule has 0 fully saturated rings. The maximum Gasteiger partial charge on any atom is 0.308 e. The first-order valence-electron chi connectivity index (χ1n) is 9.64. The summed E-state index contributed by atoms with van der Waals surface area (Å²) < 4.78 is 43.8. The minimum atomic E-state index is -0.660. The maximum atomic E-state index is 13.5. The summed E-state index contributed by atoms with van der Waals surface area (Å²) in [7, 11) is 8.48. The summed E-state index contributed by atoms with van der Waals surface area (Å²) in [5, 5.41) is -0.0529. The molecule has 0 saturated carbocycles. The van der Waals surface area contributed by atoms with Crippen molar-refractivity contribution in [1.29, 1.82) is 0 Å². The molecule has 3 aromatic rings. The lowest BCUT2D eigenvalue weighted by atomic mass is 10.1. The molecule has 0 atom stereocenters. The van der Waals surface area contributed by atoms with Crippen molar-refractivity contribution in [2.24, 2.45) is 0 Å². The number of rotatable bonds is 8. The number of methoxy groups -OCH3 is 6. The first-order chi connectivity index (χ1) is 15.9. The first kappa shape index (κ1) is 23.6. The first-order valence-corrected chi connectivity index (χ1v) is 9.64. The molecular weight excluding hydrogens is 436 g/mol. The zero-order valence-electron chi connectivity index (χ0n) is 19.3. The van der Waals surface area contributed by atoms with E-state index in [1.807, 2.05) is 0 Å². The lowest BCUT2D eigenvalue weighted by Gasteiger charge is -2.18. The van der Waals surface area contributed by atoms with Crippen LogP contribution in [0.3, 0.4) is 0 Å². The Morgan fingerprint density at radius 1 is 0.727 bits per heavy atom. The third-order valence-corrected chi connectivity index (χ3v) is 4.84. The second-order valence-corrected chi connectivity index (χ2v) is 6.58. The van der Waals surface area contributed by atoms with Gasteiger partial charge in [0.25, 0.3) is 0 Å². The van der Waals surface area contributed by atoms with E-state index in [4.69, 9.17) is 37.6 Å². The molecule has 176 valence electrons. The van der Waals surface area contributed by atoms with Crippen LogP contribution in [0.25, 0.3) is 22.3 Å². The fourth-order valence-corrected chi connectivity index (χ4v) is 3.49. The van der Waals surface area contributed by atoms with Crippen molar-refractivity contribution in [2.75, 3.05) is 42.7 Å². The number of carbonyl (C=O) groups is 1. The fraction of sp³-hybridized carbons (Fsp3) is 0.304. The number of hydrogen-bond donors (Lipinski definition) is 0. The van der Waals surface area contributed by atoms with Crippen LogP contribution in [0.5, 0.6) is 40.2 Å². The van der Waals surface area contributed by atoms with Crippen molar-refractivity contribution >= 4 is 16.9 Å². The molecule has 3 rings (SSSR count). The number of ether oxygens (including phenoxy) is 7. The van der Waals surface area contributed by atoms with E-state index in [0.717, 1.165) is 0 Å². The highest BCUT2D eigenvalue weighted by atomic mass is 16.6. The maximum absolute atomic E-state index is 13.5. The highest BCUT2D eigenvalue weighted by Gasteiger charge is 2.28. The second-order valence-electron chi connectivity index (χ2n) is 6.58. The van der Waals surface area contributed by atoms with Gasteiger partial charge in [-0.1, -0.05) is 0 Å². The van der Waals surface area contributed by atoms with E-state index in [1.165, 1.54) is 55.6 Å². The van der Waals surface area contributed by atoms with Gasteiger partial charge in [0.2, 0.25) is 22.7 Å². The summed E-state index contributed by atoms with van der Waals surface area (Å²) in [5.74, 6) is 0.356. The molecule has 0 bridgehead atoms. The van der Waals surface area contributed by atoms with E-state index >= 15 is 0 Å². The van der Waals surface area contributed by atoms with Crippen LogP contribution in [0.1, 0.15) is 6.92 Å². The van der Waals surface area contributed by atoms with Crippen molar-refractivity contribution in [3.63, 3.8) is 0 Å². The minimum Gasteiger partial charge on any atom is -0.493 e. The van der Waals surface area contributed by atoms with Crippen molar-refractivity contribution in [2.45, 2.75) is 6.92 Å². The normalized spacial score (nSPS) is 10.5. The summed E-state index contributed by atoms with van der Waals surface area (Å²) in [5.41, 5.74) is -0.154. The number of benzene rings is 2. The number of carbonyl (C=O) groups excluding carboxylic acids is 1. The summed E-state index contributed by atoms with van der Waals surface area (Å²) in [6.45, 7) is 1.20. The van der Waals surface area contributed by atoms with Crippen LogP contribution >= 0.6 is 0 Å². The van der Waals surface area contributed by atoms with Crippen LogP contribution in [0.2, 0.25) is 0 Å². The van der Waals surface area contributed by atoms with Gasteiger partial charge in [-0.05, 0) is 12.1 Å². The molecule has 0 aliphatic carbocycles. The molecule has 0 unspecified atom stereocenters. The zero-order valence-corrected chi connectivity index (χ0v) is 19.3. The Bertz CT molecular complexity index is 1260. The molecule has 0 saturated heterocycles. The van der Waals surface area contributed by atoms with Crippen molar-refractivity contribution < 1.29 is 42.4 Å². The standard InChI is InChI=1S/C23H24O10/c1-11(24)32-22-16-14(10-15(27-3)21(22)30-6)33-19(23(31-7)17(16)25)12-8-9-13(26-2)20(29-5)18(12)28-4/h8-10H,1-7H3. The Balaban J connectivity index is 2.49. The number of hydrogen-bond acceptors (Lipinski definition) is 10. The molecule has 0 amide bonds. The minimum absolute atomic E-state index is 0.0529. The molecule has 0 aliphatic rings. The van der Waals surface area contributed by atoms with Crippen molar-refractivity contribution in [3.05, 3.63) is 28.4 Å². The molecule has 0 spiro atoms. The number of fused-ring (bicyclic) bond motifs is 1. The van der Waals surface area contributed by atoms with E-state index in [0.29, 0.717) is 17.1 Å². The van der Waals surface area contributed by atoms with Crippen LogP contribution in [-0.2, 0) is 4.79 Å². The molecule has 0 radical (unpaired) electrons. The Morgan fingerprint density at radius 3 is 1.82 bits per heavy atom. The molecule has 2 aromatic carbocycles. The molecule has 1 aromatic heterocycles. The van der Waals surface area contributed by atoms with Gasteiger partial charge in [-0.25, -0.2) is 0 Å². The molecule has 0 N–H and O–H groups in total. The summed E-state index contributed by atoms with van der Waals surface area (Å²) in [6, 6.07) is 4.73. The van der Waals surface area contributed by atoms with Crippen LogP contribution in [0, 0.1) is 0 Å². The van der Waals surface area contributed by atoms with Gasteiger partial charge in [0.1, 0.15) is 11.0 Å². The van der Waals surface area contributed by atoms with E-state index in [9.17, 15) is 9.59 Å². The Hall–Kier alpha value is -4.08. The van der Waals surface area contributed by atoms with Gasteiger partial charge in [-0.2, -0.15) is 0 Å². The lowest BCUT2D eigenvalue weighted by molar-refractivity contribution is -0.131. The smallest absolute Gasteiger partial charge is 0.308 e. The van der Waals surface area contributed by atoms with Gasteiger partial charge in [0.15, 0.2) is 28.8 Å². The van der Waals surface area contributed by atoms with Gasteiger partial charge >= 0.3 is 5.97 Å². The average molecular weight is 460 g/mol. The van der Waals surface area contributed by atoms with E-state index < -0.39 is 11.4 Å².